The zero-order valence-corrected chi connectivity index (χ0v) is 7.66. The van der Waals surface area contributed by atoms with Gasteiger partial charge in [-0.3, -0.25) is 4.98 Å². The van der Waals surface area contributed by atoms with E-state index in [1.54, 1.807) is 6.20 Å². The van der Waals surface area contributed by atoms with E-state index in [2.05, 4.69) is 11.1 Å². The van der Waals surface area contributed by atoms with Gasteiger partial charge in [0.1, 0.15) is 0 Å². The molecule has 0 fully saturated rings. The smallest absolute Gasteiger partial charge is 0.0519 e. The second kappa shape index (κ2) is 4.88. The minimum Gasteiger partial charge on any atom is -0.378 e. The largest absolute Gasteiger partial charge is 0.378 e. The second-order valence-electron chi connectivity index (χ2n) is 3.03. The number of hydrogen-bond acceptors (Lipinski definition) is 2. The fourth-order valence-electron chi connectivity index (χ4n) is 0.958. The molecule has 12 heavy (non-hydrogen) atoms. The summed E-state index contributed by atoms with van der Waals surface area (Å²) >= 11 is 0. The van der Waals surface area contributed by atoms with Crippen LogP contribution in [0.25, 0.3) is 0 Å². The summed E-state index contributed by atoms with van der Waals surface area (Å²) in [4.78, 5) is 4.03. The third-order valence-corrected chi connectivity index (χ3v) is 1.56. The van der Waals surface area contributed by atoms with E-state index in [4.69, 9.17) is 4.74 Å². The van der Waals surface area contributed by atoms with Crippen LogP contribution in [0.5, 0.6) is 0 Å². The summed E-state index contributed by atoms with van der Waals surface area (Å²) in [5, 5.41) is 0. The van der Waals surface area contributed by atoms with Crippen LogP contribution >= 0.6 is 0 Å². The van der Waals surface area contributed by atoms with Crippen LogP contribution in [0.3, 0.4) is 0 Å². The number of aromatic nitrogens is 1. The Morgan fingerprint density at radius 1 is 1.50 bits per heavy atom. The topological polar surface area (TPSA) is 22.1 Å². The van der Waals surface area contributed by atoms with Crippen molar-refractivity contribution in [1.82, 2.24) is 4.98 Å². The van der Waals surface area contributed by atoms with Crippen molar-refractivity contribution in [1.29, 1.82) is 0 Å². The van der Waals surface area contributed by atoms with Gasteiger partial charge in [-0.1, -0.05) is 6.07 Å². The lowest BCUT2D eigenvalue weighted by Gasteiger charge is -2.06. The Kier molecular flexibility index (Phi) is 3.74. The predicted octanol–water partition coefficient (Wildman–Crippen LogP) is 2.05. The molecule has 1 heterocycles. The van der Waals surface area contributed by atoms with E-state index in [9.17, 15) is 0 Å². The maximum Gasteiger partial charge on any atom is 0.0519 e. The Labute approximate surface area is 73.6 Å². The Hall–Kier alpha value is -0.890. The molecule has 0 aliphatic heterocycles. The first-order valence-corrected chi connectivity index (χ1v) is 4.29. The molecule has 0 amide bonds. The van der Waals surface area contributed by atoms with Gasteiger partial charge in [-0.15, -0.1) is 0 Å². The van der Waals surface area contributed by atoms with Gasteiger partial charge in [-0.25, -0.2) is 0 Å². The molecule has 0 atom stereocenters. The molecule has 0 saturated carbocycles. The maximum atomic E-state index is 5.42. The highest BCUT2D eigenvalue weighted by molar-refractivity contribution is 5.08. The molecule has 0 radical (unpaired) electrons. The summed E-state index contributed by atoms with van der Waals surface area (Å²) in [6.45, 7) is 4.87. The lowest BCUT2D eigenvalue weighted by molar-refractivity contribution is 0.0813. The average molecular weight is 165 g/mol. The van der Waals surface area contributed by atoms with Crippen LogP contribution in [0.15, 0.2) is 24.5 Å². The third-order valence-electron chi connectivity index (χ3n) is 1.56. The molecule has 2 heteroatoms. The number of pyridine rings is 1. The van der Waals surface area contributed by atoms with Crippen LogP contribution in [-0.4, -0.2) is 17.7 Å². The van der Waals surface area contributed by atoms with E-state index in [1.807, 2.05) is 26.1 Å². The van der Waals surface area contributed by atoms with Gasteiger partial charge in [-0.2, -0.15) is 0 Å². The first-order valence-electron chi connectivity index (χ1n) is 4.29. The predicted molar refractivity (Wildman–Crippen MR) is 49.0 cm³/mol. The van der Waals surface area contributed by atoms with Crippen molar-refractivity contribution in [2.45, 2.75) is 26.4 Å². The van der Waals surface area contributed by atoms with Gasteiger partial charge >= 0.3 is 0 Å². The van der Waals surface area contributed by atoms with Gasteiger partial charge in [0.2, 0.25) is 0 Å². The van der Waals surface area contributed by atoms with Gasteiger partial charge in [0.05, 0.1) is 12.7 Å². The Morgan fingerprint density at radius 3 is 2.92 bits per heavy atom. The van der Waals surface area contributed by atoms with Crippen molar-refractivity contribution in [3.8, 4) is 0 Å². The molecule has 2 nitrogen and oxygen atoms in total. The highest BCUT2D eigenvalue weighted by Crippen LogP contribution is 1.98. The monoisotopic (exact) mass is 165 g/mol. The van der Waals surface area contributed by atoms with Crippen LogP contribution in [0.4, 0.5) is 0 Å². The molecule has 66 valence electrons. The van der Waals surface area contributed by atoms with Crippen molar-refractivity contribution >= 4 is 0 Å². The summed E-state index contributed by atoms with van der Waals surface area (Å²) in [6, 6.07) is 4.02. The lowest BCUT2D eigenvalue weighted by Crippen LogP contribution is -2.05. The number of ether oxygens (including phenoxy) is 1. The Morgan fingerprint density at radius 2 is 2.33 bits per heavy atom. The SMILES string of the molecule is CC(C)OCCc1cccnc1. The van der Waals surface area contributed by atoms with Crippen LogP contribution in [0.2, 0.25) is 0 Å². The molecule has 0 spiro atoms. The van der Waals surface area contributed by atoms with Gasteiger partial charge in [0.25, 0.3) is 0 Å². The maximum absolute atomic E-state index is 5.42. The van der Waals surface area contributed by atoms with Crippen LogP contribution in [-0.2, 0) is 11.2 Å². The molecule has 1 rings (SSSR count). The molecular formula is C10H15NO. The Bertz CT molecular complexity index is 208. The summed E-state index contributed by atoms with van der Waals surface area (Å²) in [5.41, 5.74) is 1.23. The summed E-state index contributed by atoms with van der Waals surface area (Å²) < 4.78 is 5.42. The minimum absolute atomic E-state index is 0.321. The van der Waals surface area contributed by atoms with Crippen molar-refractivity contribution in [2.75, 3.05) is 6.61 Å². The lowest BCUT2D eigenvalue weighted by atomic mass is 10.2. The van der Waals surface area contributed by atoms with E-state index in [0.717, 1.165) is 13.0 Å². The summed E-state index contributed by atoms with van der Waals surface area (Å²) in [7, 11) is 0. The molecular weight excluding hydrogens is 150 g/mol. The fourth-order valence-corrected chi connectivity index (χ4v) is 0.958. The van der Waals surface area contributed by atoms with E-state index >= 15 is 0 Å². The van der Waals surface area contributed by atoms with E-state index < -0.39 is 0 Å². The van der Waals surface area contributed by atoms with Crippen LogP contribution in [0, 0.1) is 0 Å². The van der Waals surface area contributed by atoms with Crippen molar-refractivity contribution < 1.29 is 4.74 Å². The first-order chi connectivity index (χ1) is 5.79. The minimum atomic E-state index is 0.321. The zero-order chi connectivity index (χ0) is 8.81. The Balaban J connectivity index is 2.25. The highest BCUT2D eigenvalue weighted by atomic mass is 16.5. The third kappa shape index (κ3) is 3.49. The number of hydrogen-bond donors (Lipinski definition) is 0. The van der Waals surface area contributed by atoms with Gasteiger partial charge in [0.15, 0.2) is 0 Å². The van der Waals surface area contributed by atoms with Crippen LogP contribution in [0.1, 0.15) is 19.4 Å². The molecule has 0 saturated heterocycles. The molecule has 0 aliphatic rings. The second-order valence-corrected chi connectivity index (χ2v) is 3.03. The van der Waals surface area contributed by atoms with Gasteiger partial charge in [0, 0.05) is 12.4 Å². The molecule has 0 unspecified atom stereocenters. The summed E-state index contributed by atoms with van der Waals surface area (Å²) in [5.74, 6) is 0. The molecule has 0 N–H and O–H groups in total. The normalized spacial score (nSPS) is 10.6. The summed E-state index contributed by atoms with van der Waals surface area (Å²) in [6.07, 6.45) is 4.93. The van der Waals surface area contributed by atoms with Crippen LogP contribution < -0.4 is 0 Å². The quantitative estimate of drug-likeness (QED) is 0.681. The fraction of sp³-hybridized carbons (Fsp3) is 0.500. The standard InChI is InChI=1S/C10H15NO/c1-9(2)12-7-5-10-4-3-6-11-8-10/h3-4,6,8-9H,5,7H2,1-2H3. The number of rotatable bonds is 4. The zero-order valence-electron chi connectivity index (χ0n) is 7.66. The average Bonchev–Trinajstić information content (AvgIpc) is 2.05. The van der Waals surface area contributed by atoms with Crippen molar-refractivity contribution in [2.24, 2.45) is 0 Å². The van der Waals surface area contributed by atoms with E-state index in [0.29, 0.717) is 6.10 Å². The molecule has 0 aliphatic carbocycles. The van der Waals surface area contributed by atoms with Gasteiger partial charge < -0.3 is 4.74 Å². The van der Waals surface area contributed by atoms with E-state index in [1.165, 1.54) is 5.56 Å². The van der Waals surface area contributed by atoms with E-state index in [-0.39, 0.29) is 0 Å². The van der Waals surface area contributed by atoms with Crippen molar-refractivity contribution in [3.63, 3.8) is 0 Å². The van der Waals surface area contributed by atoms with Crippen molar-refractivity contribution in [3.05, 3.63) is 30.1 Å². The molecule has 0 bridgehead atoms. The van der Waals surface area contributed by atoms with Gasteiger partial charge in [-0.05, 0) is 31.9 Å². The molecule has 1 aromatic rings. The first kappa shape index (κ1) is 9.20. The highest BCUT2D eigenvalue weighted by Gasteiger charge is 1.94. The number of nitrogens with zero attached hydrogens (tertiary/aromatic N) is 1. The molecule has 1 aromatic heterocycles. The molecule has 0 aromatic carbocycles.